The molecule has 1 aliphatic rings. The lowest BCUT2D eigenvalue weighted by molar-refractivity contribution is 0.0822. The lowest BCUT2D eigenvalue weighted by Gasteiger charge is -2.27. The molecule has 2 N–H and O–H groups in total. The average Bonchev–Trinajstić information content (AvgIpc) is 3.00. The molecular weight excluding hydrogens is 310 g/mol. The third kappa shape index (κ3) is 4.13. The van der Waals surface area contributed by atoms with Crippen molar-refractivity contribution in [1.29, 1.82) is 0 Å². The van der Waals surface area contributed by atoms with Crippen molar-refractivity contribution in [3.63, 3.8) is 0 Å². The Bertz CT molecular complexity index is 745. The van der Waals surface area contributed by atoms with Gasteiger partial charge in [-0.3, -0.25) is 4.79 Å². The largest absolute Gasteiger partial charge is 0.353 e. The molecule has 1 aliphatic carbocycles. The van der Waals surface area contributed by atoms with Crippen molar-refractivity contribution in [2.75, 3.05) is 14.1 Å². The Labute approximate surface area is 150 Å². The molecule has 4 nitrogen and oxygen atoms in total. The van der Waals surface area contributed by atoms with Gasteiger partial charge in [-0.1, -0.05) is 38.1 Å². The van der Waals surface area contributed by atoms with E-state index >= 15 is 0 Å². The maximum Gasteiger partial charge on any atom is 0.269 e. The molecule has 1 aromatic carbocycles. The number of benzene rings is 1. The summed E-state index contributed by atoms with van der Waals surface area (Å²) < 4.78 is 0. The average molecular weight is 339 g/mol. The maximum atomic E-state index is 12.0. The van der Waals surface area contributed by atoms with Crippen LogP contribution in [0.3, 0.4) is 0 Å². The van der Waals surface area contributed by atoms with Crippen LogP contribution < -0.4 is 5.32 Å². The first-order chi connectivity index (χ1) is 11.9. The molecule has 25 heavy (non-hydrogen) atoms. The summed E-state index contributed by atoms with van der Waals surface area (Å²) in [5.74, 6) is 0.00666. The number of hydrogen-bond acceptors (Lipinski definition) is 2. The van der Waals surface area contributed by atoms with E-state index in [0.29, 0.717) is 17.2 Å². The summed E-state index contributed by atoms with van der Waals surface area (Å²) >= 11 is 0. The molecule has 1 unspecified atom stereocenters. The minimum absolute atomic E-state index is 0.00666. The number of hydrogen-bond donors (Lipinski definition) is 2. The summed E-state index contributed by atoms with van der Waals surface area (Å²) in [5, 5.41) is 3.72. The van der Waals surface area contributed by atoms with Crippen LogP contribution in [-0.2, 0) is 13.0 Å². The van der Waals surface area contributed by atoms with Crippen LogP contribution in [0.25, 0.3) is 0 Å². The molecule has 0 saturated heterocycles. The fourth-order valence-electron chi connectivity index (χ4n) is 3.66. The van der Waals surface area contributed by atoms with Gasteiger partial charge in [0.25, 0.3) is 5.91 Å². The number of nitrogens with zero attached hydrogens (tertiary/aromatic N) is 1. The Hall–Kier alpha value is -2.07. The second kappa shape index (κ2) is 7.04. The molecule has 4 heteroatoms. The van der Waals surface area contributed by atoms with E-state index in [9.17, 15) is 4.79 Å². The topological polar surface area (TPSA) is 48.1 Å². The highest BCUT2D eigenvalue weighted by Crippen LogP contribution is 2.39. The molecule has 0 spiro atoms. The fourth-order valence-corrected chi connectivity index (χ4v) is 3.66. The van der Waals surface area contributed by atoms with E-state index in [2.05, 4.69) is 48.4 Å². The number of fused-ring (bicyclic) bond motifs is 1. The van der Waals surface area contributed by atoms with E-state index in [1.54, 1.807) is 19.0 Å². The number of aryl methyl sites for hydroxylation is 1. The highest BCUT2D eigenvalue weighted by atomic mass is 16.2. The number of H-pyrrole nitrogens is 1. The van der Waals surface area contributed by atoms with Gasteiger partial charge in [0.2, 0.25) is 0 Å². The number of carbonyl (C=O) groups is 1. The molecular formula is C21H29N3O. The van der Waals surface area contributed by atoms with Gasteiger partial charge in [0.05, 0.1) is 0 Å². The van der Waals surface area contributed by atoms with Crippen LogP contribution in [0.1, 0.15) is 60.0 Å². The zero-order valence-corrected chi connectivity index (χ0v) is 15.7. The van der Waals surface area contributed by atoms with E-state index in [1.165, 1.54) is 17.5 Å². The van der Waals surface area contributed by atoms with Crippen molar-refractivity contribution in [2.45, 2.75) is 45.7 Å². The predicted molar refractivity (Wildman–Crippen MR) is 102 cm³/mol. The summed E-state index contributed by atoms with van der Waals surface area (Å²) in [5.41, 5.74) is 4.89. The Balaban J connectivity index is 1.74. The van der Waals surface area contributed by atoms with Crippen molar-refractivity contribution in [3.8, 4) is 0 Å². The van der Waals surface area contributed by atoms with Gasteiger partial charge in [0.1, 0.15) is 5.69 Å². The Morgan fingerprint density at radius 3 is 2.76 bits per heavy atom. The number of amides is 1. The van der Waals surface area contributed by atoms with Crippen LogP contribution in [-0.4, -0.2) is 29.9 Å². The van der Waals surface area contributed by atoms with Gasteiger partial charge in [0, 0.05) is 32.4 Å². The van der Waals surface area contributed by atoms with Crippen molar-refractivity contribution < 1.29 is 4.79 Å². The van der Waals surface area contributed by atoms with Gasteiger partial charge < -0.3 is 15.2 Å². The highest BCUT2D eigenvalue weighted by molar-refractivity contribution is 5.92. The second-order valence-corrected chi connectivity index (χ2v) is 8.10. The maximum absolute atomic E-state index is 12.0. The Kier molecular flexibility index (Phi) is 5.00. The molecule has 0 bridgehead atoms. The molecule has 134 valence electrons. The Morgan fingerprint density at radius 1 is 1.24 bits per heavy atom. The summed E-state index contributed by atoms with van der Waals surface area (Å²) in [4.78, 5) is 16.9. The first-order valence-electron chi connectivity index (χ1n) is 9.06. The third-order valence-electron chi connectivity index (χ3n) is 5.18. The first-order valence-corrected chi connectivity index (χ1v) is 9.06. The van der Waals surface area contributed by atoms with Gasteiger partial charge in [-0.05, 0) is 47.9 Å². The minimum Gasteiger partial charge on any atom is -0.353 e. The van der Waals surface area contributed by atoms with Crippen LogP contribution in [0.15, 0.2) is 36.4 Å². The standard InChI is InChI=1S/C21H29N3O/c1-21(2)12-11-15-7-5-6-8-17(15)19(13-21)22-14-16-9-10-18(23-16)20(25)24(3)4/h5-10,19,22-23H,11-14H2,1-4H3. The number of carbonyl (C=O) groups excluding carboxylic acids is 1. The first kappa shape index (κ1) is 17.7. The smallest absolute Gasteiger partial charge is 0.269 e. The molecule has 2 aromatic rings. The van der Waals surface area contributed by atoms with E-state index in [-0.39, 0.29) is 5.91 Å². The van der Waals surface area contributed by atoms with Crippen LogP contribution in [0, 0.1) is 5.41 Å². The third-order valence-corrected chi connectivity index (χ3v) is 5.18. The molecule has 1 amide bonds. The number of aromatic nitrogens is 1. The quantitative estimate of drug-likeness (QED) is 0.830. The molecule has 1 atom stereocenters. The molecule has 0 fully saturated rings. The van der Waals surface area contributed by atoms with E-state index in [0.717, 1.165) is 25.1 Å². The van der Waals surface area contributed by atoms with Gasteiger partial charge in [-0.25, -0.2) is 0 Å². The number of aromatic amines is 1. The summed E-state index contributed by atoms with van der Waals surface area (Å²) in [6, 6.07) is 13.0. The van der Waals surface area contributed by atoms with E-state index in [1.807, 2.05) is 12.1 Å². The molecule has 0 aliphatic heterocycles. The number of rotatable bonds is 4. The predicted octanol–water partition coefficient (Wildman–Crippen LogP) is 3.91. The molecule has 0 saturated carbocycles. The van der Waals surface area contributed by atoms with Gasteiger partial charge in [-0.2, -0.15) is 0 Å². The zero-order valence-electron chi connectivity index (χ0n) is 15.7. The molecule has 0 radical (unpaired) electrons. The molecule has 1 heterocycles. The zero-order chi connectivity index (χ0) is 18.0. The normalized spacial score (nSPS) is 19.1. The number of nitrogens with one attached hydrogen (secondary N) is 2. The van der Waals surface area contributed by atoms with Crippen LogP contribution in [0.4, 0.5) is 0 Å². The van der Waals surface area contributed by atoms with Crippen molar-refractivity contribution in [3.05, 3.63) is 58.9 Å². The Morgan fingerprint density at radius 2 is 2.00 bits per heavy atom. The van der Waals surface area contributed by atoms with Crippen LogP contribution >= 0.6 is 0 Å². The summed E-state index contributed by atoms with van der Waals surface area (Å²) in [6.45, 7) is 5.45. The van der Waals surface area contributed by atoms with Crippen LogP contribution in [0.5, 0.6) is 0 Å². The van der Waals surface area contributed by atoms with Crippen molar-refractivity contribution in [1.82, 2.24) is 15.2 Å². The van der Waals surface area contributed by atoms with Crippen molar-refractivity contribution in [2.24, 2.45) is 5.41 Å². The van der Waals surface area contributed by atoms with E-state index in [4.69, 9.17) is 0 Å². The summed E-state index contributed by atoms with van der Waals surface area (Å²) in [6.07, 6.45) is 3.48. The van der Waals surface area contributed by atoms with Crippen molar-refractivity contribution >= 4 is 5.91 Å². The highest BCUT2D eigenvalue weighted by Gasteiger charge is 2.29. The van der Waals surface area contributed by atoms with Gasteiger partial charge in [0.15, 0.2) is 0 Å². The molecule has 3 rings (SSSR count). The van der Waals surface area contributed by atoms with E-state index < -0.39 is 0 Å². The summed E-state index contributed by atoms with van der Waals surface area (Å²) in [7, 11) is 3.54. The SMILES string of the molecule is CN(C)C(=O)c1ccc(CNC2CC(C)(C)CCc3ccccc32)[nH]1. The lowest BCUT2D eigenvalue weighted by Crippen LogP contribution is -2.26. The van der Waals surface area contributed by atoms with Crippen LogP contribution in [0.2, 0.25) is 0 Å². The fraction of sp³-hybridized carbons (Fsp3) is 0.476. The second-order valence-electron chi connectivity index (χ2n) is 8.10. The lowest BCUT2D eigenvalue weighted by atomic mass is 9.83. The molecule has 1 aromatic heterocycles. The monoisotopic (exact) mass is 339 g/mol. The van der Waals surface area contributed by atoms with Gasteiger partial charge in [-0.15, -0.1) is 0 Å². The van der Waals surface area contributed by atoms with Gasteiger partial charge >= 0.3 is 0 Å². The minimum atomic E-state index is 0.00666.